The number of amides is 1. The van der Waals surface area contributed by atoms with Gasteiger partial charge in [-0.3, -0.25) is 4.79 Å². The number of nitrogens with zero attached hydrogens (tertiary/aromatic N) is 1. The quantitative estimate of drug-likeness (QED) is 0.840. The van der Waals surface area contributed by atoms with Gasteiger partial charge in [-0.2, -0.15) is 14.0 Å². The van der Waals surface area contributed by atoms with Crippen LogP contribution in [0.15, 0.2) is 18.2 Å². The maximum atomic E-state index is 12.4. The summed E-state index contributed by atoms with van der Waals surface area (Å²) >= 11 is 0. The molecule has 7 heteroatoms. The van der Waals surface area contributed by atoms with Crippen LogP contribution in [0.5, 0.6) is 11.5 Å². The molecule has 0 spiro atoms. The third kappa shape index (κ3) is 5.20. The molecule has 22 heavy (non-hydrogen) atoms. The second kappa shape index (κ2) is 8.17. The van der Waals surface area contributed by atoms with Crippen LogP contribution in [0, 0.1) is 17.2 Å². The van der Waals surface area contributed by atoms with E-state index in [2.05, 4.69) is 10.1 Å². The van der Waals surface area contributed by atoms with E-state index in [9.17, 15) is 13.6 Å². The van der Waals surface area contributed by atoms with Crippen LogP contribution in [0.1, 0.15) is 30.6 Å². The van der Waals surface area contributed by atoms with Crippen LogP contribution >= 0.6 is 0 Å². The van der Waals surface area contributed by atoms with Crippen LogP contribution in [0.4, 0.5) is 8.78 Å². The van der Waals surface area contributed by atoms with Gasteiger partial charge in [0.1, 0.15) is 6.04 Å². The summed E-state index contributed by atoms with van der Waals surface area (Å²) < 4.78 is 33.9. The zero-order valence-electron chi connectivity index (χ0n) is 12.6. The van der Waals surface area contributed by atoms with Gasteiger partial charge in [0, 0.05) is 5.56 Å². The molecule has 1 atom stereocenters. The van der Waals surface area contributed by atoms with Crippen molar-refractivity contribution in [2.45, 2.75) is 32.9 Å². The summed E-state index contributed by atoms with van der Waals surface area (Å²) in [5.41, 5.74) is 0.112. The maximum absolute atomic E-state index is 12.4. The Morgan fingerprint density at radius 2 is 2.05 bits per heavy atom. The number of methoxy groups -OCH3 is 1. The fourth-order valence-electron chi connectivity index (χ4n) is 1.86. The number of nitriles is 1. The van der Waals surface area contributed by atoms with Crippen molar-refractivity contribution in [3.05, 3.63) is 23.8 Å². The molecule has 0 aliphatic rings. The molecule has 0 bridgehead atoms. The number of nitrogens with one attached hydrogen (secondary N) is 1. The molecule has 0 saturated heterocycles. The van der Waals surface area contributed by atoms with E-state index in [0.29, 0.717) is 6.42 Å². The zero-order valence-corrected chi connectivity index (χ0v) is 12.6. The van der Waals surface area contributed by atoms with Crippen molar-refractivity contribution in [2.75, 3.05) is 7.11 Å². The number of hydrogen-bond acceptors (Lipinski definition) is 4. The minimum Gasteiger partial charge on any atom is -0.493 e. The van der Waals surface area contributed by atoms with E-state index in [1.807, 2.05) is 19.9 Å². The predicted molar refractivity (Wildman–Crippen MR) is 75.9 cm³/mol. The van der Waals surface area contributed by atoms with Crippen molar-refractivity contribution in [3.63, 3.8) is 0 Å². The van der Waals surface area contributed by atoms with Crippen LogP contribution in [0.2, 0.25) is 0 Å². The Morgan fingerprint density at radius 3 is 2.55 bits per heavy atom. The van der Waals surface area contributed by atoms with E-state index in [4.69, 9.17) is 10.00 Å². The number of benzene rings is 1. The molecule has 120 valence electrons. The Kier molecular flexibility index (Phi) is 6.57. The highest BCUT2D eigenvalue weighted by Crippen LogP contribution is 2.29. The summed E-state index contributed by atoms with van der Waals surface area (Å²) in [7, 11) is 1.31. The summed E-state index contributed by atoms with van der Waals surface area (Å²) in [4.78, 5) is 12.1. The molecule has 1 rings (SSSR count). The summed E-state index contributed by atoms with van der Waals surface area (Å²) in [5.74, 6) is -0.439. The van der Waals surface area contributed by atoms with Gasteiger partial charge in [-0.25, -0.2) is 0 Å². The van der Waals surface area contributed by atoms with Gasteiger partial charge < -0.3 is 14.8 Å². The van der Waals surface area contributed by atoms with E-state index in [1.165, 1.54) is 19.2 Å². The van der Waals surface area contributed by atoms with Gasteiger partial charge >= 0.3 is 6.61 Å². The Hall–Kier alpha value is -2.36. The molecule has 0 saturated carbocycles. The molecule has 1 amide bonds. The lowest BCUT2D eigenvalue weighted by Gasteiger charge is -2.15. The molecular weight excluding hydrogens is 294 g/mol. The molecule has 1 aromatic rings. The van der Waals surface area contributed by atoms with Crippen molar-refractivity contribution in [3.8, 4) is 17.6 Å². The molecule has 0 unspecified atom stereocenters. The minimum atomic E-state index is -3.03. The normalized spacial score (nSPS) is 11.9. The minimum absolute atomic E-state index is 0.0934. The average Bonchev–Trinajstić information content (AvgIpc) is 2.45. The van der Waals surface area contributed by atoms with Gasteiger partial charge in [-0.05, 0) is 30.5 Å². The molecule has 1 aromatic carbocycles. The molecule has 0 aliphatic heterocycles. The zero-order chi connectivity index (χ0) is 16.7. The Labute approximate surface area is 127 Å². The van der Waals surface area contributed by atoms with Crippen molar-refractivity contribution in [1.29, 1.82) is 5.26 Å². The first-order valence-corrected chi connectivity index (χ1v) is 6.70. The standard InChI is InChI=1S/C15H18F2N2O3/c1-9(2)6-11(8-18)19-14(20)10-4-5-12(21-3)13(7-10)22-15(16)17/h4-5,7,9,11,15H,6H2,1-3H3,(H,19,20)/t11-/m1/s1. The highest BCUT2D eigenvalue weighted by atomic mass is 19.3. The van der Waals surface area contributed by atoms with E-state index in [1.54, 1.807) is 0 Å². The summed E-state index contributed by atoms with van der Waals surface area (Å²) in [6.45, 7) is 0.830. The van der Waals surface area contributed by atoms with Gasteiger partial charge in [0.25, 0.3) is 5.91 Å². The number of alkyl halides is 2. The Bertz CT molecular complexity index is 556. The highest BCUT2D eigenvalue weighted by Gasteiger charge is 2.17. The molecule has 0 heterocycles. The lowest BCUT2D eigenvalue weighted by Crippen LogP contribution is -2.34. The lowest BCUT2D eigenvalue weighted by molar-refractivity contribution is -0.0512. The first-order valence-electron chi connectivity index (χ1n) is 6.70. The smallest absolute Gasteiger partial charge is 0.387 e. The summed E-state index contributed by atoms with van der Waals surface area (Å²) in [6.07, 6.45) is 0.499. The van der Waals surface area contributed by atoms with Crippen molar-refractivity contribution < 1.29 is 23.0 Å². The Balaban J connectivity index is 2.91. The van der Waals surface area contributed by atoms with Crippen molar-refractivity contribution in [1.82, 2.24) is 5.32 Å². The predicted octanol–water partition coefficient (Wildman–Crippen LogP) is 2.96. The van der Waals surface area contributed by atoms with Crippen molar-refractivity contribution >= 4 is 5.91 Å². The topological polar surface area (TPSA) is 71.3 Å². The SMILES string of the molecule is COc1ccc(C(=O)N[C@@H](C#N)CC(C)C)cc1OC(F)F. The number of rotatable bonds is 7. The molecule has 0 fully saturated rings. The van der Waals surface area contributed by atoms with Crippen molar-refractivity contribution in [2.24, 2.45) is 5.92 Å². The molecule has 5 nitrogen and oxygen atoms in total. The van der Waals surface area contributed by atoms with E-state index in [0.717, 1.165) is 6.07 Å². The largest absolute Gasteiger partial charge is 0.493 e. The molecule has 0 aliphatic carbocycles. The van der Waals surface area contributed by atoms with E-state index >= 15 is 0 Å². The van der Waals surface area contributed by atoms with Gasteiger partial charge in [0.2, 0.25) is 0 Å². The third-order valence-corrected chi connectivity index (χ3v) is 2.81. The van der Waals surface area contributed by atoms with Crippen LogP contribution < -0.4 is 14.8 Å². The molecule has 0 aromatic heterocycles. The van der Waals surface area contributed by atoms with Crippen LogP contribution in [-0.4, -0.2) is 25.7 Å². The summed E-state index contributed by atoms with van der Waals surface area (Å²) in [6, 6.07) is 5.28. The molecule has 1 N–H and O–H groups in total. The van der Waals surface area contributed by atoms with Gasteiger partial charge in [-0.15, -0.1) is 0 Å². The van der Waals surface area contributed by atoms with Gasteiger partial charge in [0.05, 0.1) is 13.2 Å². The fraction of sp³-hybridized carbons (Fsp3) is 0.467. The van der Waals surface area contributed by atoms with Crippen LogP contribution in [0.25, 0.3) is 0 Å². The van der Waals surface area contributed by atoms with Gasteiger partial charge in [-0.1, -0.05) is 13.8 Å². The van der Waals surface area contributed by atoms with Crippen LogP contribution in [-0.2, 0) is 0 Å². The molecule has 0 radical (unpaired) electrons. The second-order valence-corrected chi connectivity index (χ2v) is 5.03. The number of carbonyl (C=O) groups is 1. The average molecular weight is 312 g/mol. The van der Waals surface area contributed by atoms with Gasteiger partial charge in [0.15, 0.2) is 11.5 Å². The first-order chi connectivity index (χ1) is 10.4. The van der Waals surface area contributed by atoms with E-state index < -0.39 is 18.6 Å². The maximum Gasteiger partial charge on any atom is 0.387 e. The monoisotopic (exact) mass is 312 g/mol. The van der Waals surface area contributed by atoms with E-state index in [-0.39, 0.29) is 23.0 Å². The molecular formula is C15H18F2N2O3. The second-order valence-electron chi connectivity index (χ2n) is 5.03. The Morgan fingerprint density at radius 1 is 1.36 bits per heavy atom. The van der Waals surface area contributed by atoms with Crippen LogP contribution in [0.3, 0.4) is 0 Å². The number of carbonyl (C=O) groups excluding carboxylic acids is 1. The number of hydrogen-bond donors (Lipinski definition) is 1. The third-order valence-electron chi connectivity index (χ3n) is 2.81. The lowest BCUT2D eigenvalue weighted by atomic mass is 10.0. The number of ether oxygens (including phenoxy) is 2. The summed E-state index contributed by atoms with van der Waals surface area (Å²) in [5, 5.41) is 11.6. The first kappa shape index (κ1) is 17.7. The highest BCUT2D eigenvalue weighted by molar-refractivity contribution is 5.95. The number of halogens is 2. The fourth-order valence-corrected chi connectivity index (χ4v) is 1.86.